The van der Waals surface area contributed by atoms with Crippen molar-refractivity contribution in [3.05, 3.63) is 0 Å². The summed E-state index contributed by atoms with van der Waals surface area (Å²) in [5.74, 6) is 0. The maximum Gasteiger partial charge on any atom is 0.424 e. The Labute approximate surface area is 78.9 Å². The summed E-state index contributed by atoms with van der Waals surface area (Å²) in [6.45, 7) is 2.29. The van der Waals surface area contributed by atoms with Gasteiger partial charge in [-0.15, -0.1) is 0 Å². The first kappa shape index (κ1) is 12.8. The van der Waals surface area contributed by atoms with Crippen LogP contribution in [0.2, 0.25) is 0 Å². The fraction of sp³-hybridized carbons (Fsp3) is 1.00. The van der Waals surface area contributed by atoms with E-state index in [0.29, 0.717) is 0 Å². The highest BCUT2D eigenvalue weighted by atomic mass is 32.3. The molecule has 13 heavy (non-hydrogen) atoms. The Morgan fingerprint density at radius 3 is 2.31 bits per heavy atom. The molecule has 5 nitrogen and oxygen atoms in total. The van der Waals surface area contributed by atoms with Gasteiger partial charge < -0.3 is 0 Å². The fourth-order valence-corrected chi connectivity index (χ4v) is 1.05. The molecule has 0 saturated heterocycles. The van der Waals surface area contributed by atoms with Gasteiger partial charge in [0.25, 0.3) is 0 Å². The lowest BCUT2D eigenvalue weighted by atomic mass is 10.2. The summed E-state index contributed by atoms with van der Waals surface area (Å²) in [5, 5.41) is 0. The molecule has 0 aliphatic heterocycles. The minimum atomic E-state index is -4.44. The van der Waals surface area contributed by atoms with E-state index in [1.54, 1.807) is 0 Å². The molecule has 6 heteroatoms. The number of hydrogen-bond donors (Lipinski definition) is 1. The van der Waals surface area contributed by atoms with Crippen LogP contribution in [0.1, 0.15) is 39.0 Å². The van der Waals surface area contributed by atoms with Gasteiger partial charge in [0.2, 0.25) is 0 Å². The normalized spacial score (nSPS) is 11.8. The molecule has 0 fully saturated rings. The molecule has 0 aliphatic rings. The molecule has 0 aromatic rings. The van der Waals surface area contributed by atoms with Crippen molar-refractivity contribution in [3.8, 4) is 0 Å². The van der Waals surface area contributed by atoms with Crippen molar-refractivity contribution >= 4 is 10.4 Å². The number of hydrogen-bond acceptors (Lipinski definition) is 4. The van der Waals surface area contributed by atoms with Crippen molar-refractivity contribution in [2.24, 2.45) is 0 Å². The summed E-state index contributed by atoms with van der Waals surface area (Å²) in [5.41, 5.74) is 0. The van der Waals surface area contributed by atoms with Crippen molar-refractivity contribution < 1.29 is 22.2 Å². The third-order valence-electron chi connectivity index (χ3n) is 1.47. The Hall–Kier alpha value is -0.170. The first-order valence-corrected chi connectivity index (χ1v) is 5.71. The zero-order valence-electron chi connectivity index (χ0n) is 7.73. The lowest BCUT2D eigenvalue weighted by molar-refractivity contribution is -0.208. The largest absolute Gasteiger partial charge is 0.424 e. The van der Waals surface area contributed by atoms with Crippen LogP contribution >= 0.6 is 0 Å². The Morgan fingerprint density at radius 1 is 1.15 bits per heavy atom. The maximum atomic E-state index is 9.97. The Kier molecular flexibility index (Phi) is 7.16. The SMILES string of the molecule is CCCCCCCOOS(=O)(=O)O. The lowest BCUT2D eigenvalue weighted by Crippen LogP contribution is -2.05. The summed E-state index contributed by atoms with van der Waals surface area (Å²) in [4.78, 5) is 4.24. The van der Waals surface area contributed by atoms with Gasteiger partial charge in [0, 0.05) is 0 Å². The molecule has 0 atom stereocenters. The second-order valence-electron chi connectivity index (χ2n) is 2.73. The van der Waals surface area contributed by atoms with Gasteiger partial charge in [-0.05, 0) is 6.42 Å². The molecule has 0 radical (unpaired) electrons. The molecule has 0 saturated carbocycles. The van der Waals surface area contributed by atoms with Crippen LogP contribution in [0.4, 0.5) is 0 Å². The van der Waals surface area contributed by atoms with Crippen LogP contribution in [0.25, 0.3) is 0 Å². The van der Waals surface area contributed by atoms with E-state index >= 15 is 0 Å². The quantitative estimate of drug-likeness (QED) is 0.287. The van der Waals surface area contributed by atoms with E-state index < -0.39 is 10.4 Å². The second-order valence-corrected chi connectivity index (χ2v) is 3.72. The first-order chi connectivity index (χ1) is 6.06. The summed E-state index contributed by atoms with van der Waals surface area (Å²) in [6.07, 6.45) is 5.13. The van der Waals surface area contributed by atoms with Crippen molar-refractivity contribution in [2.75, 3.05) is 6.61 Å². The van der Waals surface area contributed by atoms with Gasteiger partial charge >= 0.3 is 10.4 Å². The second kappa shape index (κ2) is 7.25. The summed E-state index contributed by atoms with van der Waals surface area (Å²) in [6, 6.07) is 0. The zero-order valence-corrected chi connectivity index (χ0v) is 8.55. The molecule has 0 aromatic heterocycles. The Bertz CT molecular complexity index is 199. The van der Waals surface area contributed by atoms with E-state index in [1.165, 1.54) is 6.42 Å². The van der Waals surface area contributed by atoms with Crippen molar-refractivity contribution in [2.45, 2.75) is 39.0 Å². The van der Waals surface area contributed by atoms with Crippen LogP contribution in [-0.2, 0) is 19.6 Å². The highest BCUT2D eigenvalue weighted by Crippen LogP contribution is 2.02. The van der Waals surface area contributed by atoms with E-state index in [4.69, 9.17) is 4.55 Å². The minimum absolute atomic E-state index is 0.184. The van der Waals surface area contributed by atoms with Gasteiger partial charge in [-0.3, -0.25) is 4.55 Å². The maximum absolute atomic E-state index is 9.97. The molecule has 0 aromatic carbocycles. The summed E-state index contributed by atoms with van der Waals surface area (Å²) >= 11 is 0. The fourth-order valence-electron chi connectivity index (χ4n) is 0.859. The van der Waals surface area contributed by atoms with Crippen LogP contribution in [0.5, 0.6) is 0 Å². The lowest BCUT2D eigenvalue weighted by Gasteiger charge is -2.00. The average molecular weight is 212 g/mol. The molecule has 0 rings (SSSR count). The minimum Gasteiger partial charge on any atom is -0.262 e. The van der Waals surface area contributed by atoms with Crippen molar-refractivity contribution in [1.82, 2.24) is 0 Å². The standard InChI is InChI=1S/C7H16O5S/c1-2-3-4-5-6-7-11-12-13(8,9)10/h2-7H2,1H3,(H,8,9,10). The molecular formula is C7H16O5S. The molecule has 80 valence electrons. The van der Waals surface area contributed by atoms with E-state index in [0.717, 1.165) is 25.7 Å². The van der Waals surface area contributed by atoms with Crippen LogP contribution < -0.4 is 0 Å². The molecule has 0 bridgehead atoms. The van der Waals surface area contributed by atoms with Gasteiger partial charge in [0.05, 0.1) is 6.61 Å². The summed E-state index contributed by atoms with van der Waals surface area (Å²) in [7, 11) is -4.44. The van der Waals surface area contributed by atoms with Gasteiger partial charge in [-0.25, -0.2) is 4.89 Å². The summed E-state index contributed by atoms with van der Waals surface area (Å²) < 4.78 is 31.7. The van der Waals surface area contributed by atoms with Crippen molar-refractivity contribution in [1.29, 1.82) is 0 Å². The molecular weight excluding hydrogens is 196 g/mol. The van der Waals surface area contributed by atoms with Gasteiger partial charge in [0.1, 0.15) is 0 Å². The van der Waals surface area contributed by atoms with E-state index in [-0.39, 0.29) is 6.61 Å². The van der Waals surface area contributed by atoms with Crippen LogP contribution in [0.15, 0.2) is 0 Å². The number of rotatable bonds is 8. The van der Waals surface area contributed by atoms with Crippen LogP contribution in [0, 0.1) is 0 Å². The first-order valence-electron chi connectivity index (χ1n) is 4.35. The highest BCUT2D eigenvalue weighted by Gasteiger charge is 2.03. The van der Waals surface area contributed by atoms with Gasteiger partial charge in [-0.2, -0.15) is 8.42 Å². The average Bonchev–Trinajstić information content (AvgIpc) is 2.01. The zero-order chi connectivity index (χ0) is 10.2. The molecule has 0 heterocycles. The smallest absolute Gasteiger partial charge is 0.262 e. The molecule has 1 N–H and O–H groups in total. The monoisotopic (exact) mass is 212 g/mol. The Morgan fingerprint density at radius 2 is 1.77 bits per heavy atom. The third-order valence-corrected chi connectivity index (χ3v) is 1.73. The molecule has 0 spiro atoms. The third kappa shape index (κ3) is 11.8. The molecule has 0 unspecified atom stereocenters. The van der Waals surface area contributed by atoms with E-state index in [9.17, 15) is 8.42 Å². The van der Waals surface area contributed by atoms with Crippen LogP contribution in [0.3, 0.4) is 0 Å². The van der Waals surface area contributed by atoms with Crippen molar-refractivity contribution in [3.63, 3.8) is 0 Å². The Balaban J connectivity index is 3.09. The molecule has 0 aliphatic carbocycles. The highest BCUT2D eigenvalue weighted by molar-refractivity contribution is 7.80. The van der Waals surface area contributed by atoms with Gasteiger partial charge in [-0.1, -0.05) is 36.9 Å². The number of unbranched alkanes of at least 4 members (excludes halogenated alkanes) is 4. The topological polar surface area (TPSA) is 72.8 Å². The predicted octanol–water partition coefficient (Wildman–Crippen LogP) is 1.71. The predicted molar refractivity (Wildman–Crippen MR) is 47.3 cm³/mol. The van der Waals surface area contributed by atoms with E-state index in [2.05, 4.69) is 16.1 Å². The molecule has 0 amide bonds. The van der Waals surface area contributed by atoms with Gasteiger partial charge in [0.15, 0.2) is 0 Å². The van der Waals surface area contributed by atoms with Crippen LogP contribution in [-0.4, -0.2) is 19.6 Å². The van der Waals surface area contributed by atoms with E-state index in [1.807, 2.05) is 0 Å².